The van der Waals surface area contributed by atoms with Crippen LogP contribution in [-0.4, -0.2) is 42.6 Å². The summed E-state index contributed by atoms with van der Waals surface area (Å²) in [6, 6.07) is 7.44. The average molecular weight is 474 g/mol. The maximum absolute atomic E-state index is 11.5. The van der Waals surface area contributed by atoms with Crippen molar-refractivity contribution < 1.29 is 8.42 Å². The van der Waals surface area contributed by atoms with Gasteiger partial charge in [0.05, 0.1) is 18.2 Å². The largest absolute Gasteiger partial charge is 0.363 e. The van der Waals surface area contributed by atoms with Crippen LogP contribution in [0.3, 0.4) is 0 Å². The van der Waals surface area contributed by atoms with E-state index in [2.05, 4.69) is 35.7 Å². The van der Waals surface area contributed by atoms with Crippen molar-refractivity contribution >= 4 is 43.1 Å². The van der Waals surface area contributed by atoms with Crippen LogP contribution in [0, 0.1) is 13.8 Å². The SMILES string of the molecule is Cc1sc2nc(CN3CCCCC3)nc(N[C@@H](C)c3ccc(NS(C)(=O)=O)cc3)c2c1C. The third kappa shape index (κ3) is 5.39. The van der Waals surface area contributed by atoms with Gasteiger partial charge in [0.2, 0.25) is 10.0 Å². The third-order valence-corrected chi connectivity index (χ3v) is 7.66. The first-order chi connectivity index (χ1) is 15.2. The fourth-order valence-electron chi connectivity index (χ4n) is 4.13. The van der Waals surface area contributed by atoms with Crippen molar-refractivity contribution in [2.45, 2.75) is 52.6 Å². The highest BCUT2D eigenvalue weighted by Gasteiger charge is 2.19. The van der Waals surface area contributed by atoms with Crippen LogP contribution in [0.25, 0.3) is 10.2 Å². The molecule has 7 nitrogen and oxygen atoms in total. The molecule has 0 spiro atoms. The van der Waals surface area contributed by atoms with Crippen molar-refractivity contribution in [2.75, 3.05) is 29.4 Å². The summed E-state index contributed by atoms with van der Waals surface area (Å²) in [5, 5.41) is 4.69. The van der Waals surface area contributed by atoms with Crippen LogP contribution in [0.15, 0.2) is 24.3 Å². The molecule has 1 fully saturated rings. The van der Waals surface area contributed by atoms with E-state index in [1.54, 1.807) is 23.5 Å². The average Bonchev–Trinajstić information content (AvgIpc) is 3.02. The van der Waals surface area contributed by atoms with Gasteiger partial charge in [0, 0.05) is 16.6 Å². The Labute approximate surface area is 194 Å². The number of benzene rings is 1. The molecule has 2 aromatic heterocycles. The number of likely N-dealkylation sites (tertiary alicyclic amines) is 1. The van der Waals surface area contributed by atoms with Crippen LogP contribution in [0.2, 0.25) is 0 Å². The van der Waals surface area contributed by atoms with E-state index in [1.165, 1.54) is 29.7 Å². The van der Waals surface area contributed by atoms with Gasteiger partial charge in [0.15, 0.2) is 0 Å². The zero-order chi connectivity index (χ0) is 22.9. The molecule has 0 saturated carbocycles. The molecule has 0 bridgehead atoms. The third-order valence-electron chi connectivity index (χ3n) is 5.96. The molecular weight excluding hydrogens is 442 g/mol. The first-order valence-corrected chi connectivity index (χ1v) is 13.7. The number of anilines is 2. The molecule has 0 aliphatic carbocycles. The van der Waals surface area contributed by atoms with Crippen LogP contribution >= 0.6 is 11.3 Å². The van der Waals surface area contributed by atoms with Gasteiger partial charge in [-0.15, -0.1) is 11.3 Å². The lowest BCUT2D eigenvalue weighted by molar-refractivity contribution is 0.216. The second-order valence-electron chi connectivity index (χ2n) is 8.65. The first-order valence-electron chi connectivity index (χ1n) is 11.0. The van der Waals surface area contributed by atoms with E-state index >= 15 is 0 Å². The Kier molecular flexibility index (Phi) is 6.69. The van der Waals surface area contributed by atoms with Gasteiger partial charge < -0.3 is 5.32 Å². The molecule has 1 atom stereocenters. The second-order valence-corrected chi connectivity index (χ2v) is 11.6. The summed E-state index contributed by atoms with van der Waals surface area (Å²) in [6.45, 7) is 9.34. The lowest BCUT2D eigenvalue weighted by Gasteiger charge is -2.26. The van der Waals surface area contributed by atoms with Crippen molar-refractivity contribution in [3.05, 3.63) is 46.1 Å². The highest BCUT2D eigenvalue weighted by atomic mass is 32.2. The van der Waals surface area contributed by atoms with Crippen LogP contribution < -0.4 is 10.0 Å². The number of hydrogen-bond acceptors (Lipinski definition) is 7. The van der Waals surface area contributed by atoms with Gasteiger partial charge in [-0.2, -0.15) is 0 Å². The molecule has 32 heavy (non-hydrogen) atoms. The molecule has 1 aliphatic rings. The van der Waals surface area contributed by atoms with Crippen molar-refractivity contribution in [1.82, 2.24) is 14.9 Å². The number of nitrogens with one attached hydrogen (secondary N) is 2. The molecule has 0 amide bonds. The van der Waals surface area contributed by atoms with E-state index in [9.17, 15) is 8.42 Å². The molecule has 0 unspecified atom stereocenters. The summed E-state index contributed by atoms with van der Waals surface area (Å²) in [5.74, 6) is 1.73. The van der Waals surface area contributed by atoms with Gasteiger partial charge in [-0.3, -0.25) is 9.62 Å². The van der Waals surface area contributed by atoms with Crippen molar-refractivity contribution in [3.63, 3.8) is 0 Å². The maximum atomic E-state index is 11.5. The summed E-state index contributed by atoms with van der Waals surface area (Å²) in [4.78, 5) is 14.6. The van der Waals surface area contributed by atoms with E-state index in [-0.39, 0.29) is 6.04 Å². The van der Waals surface area contributed by atoms with Gasteiger partial charge >= 0.3 is 0 Å². The molecule has 172 valence electrons. The Morgan fingerprint density at radius 3 is 2.44 bits per heavy atom. The van der Waals surface area contributed by atoms with Crippen LogP contribution in [0.1, 0.15) is 54.1 Å². The minimum Gasteiger partial charge on any atom is -0.363 e. The Morgan fingerprint density at radius 2 is 1.78 bits per heavy atom. The molecule has 3 aromatic rings. The van der Waals surface area contributed by atoms with Gasteiger partial charge in [-0.05, 0) is 70.0 Å². The zero-order valence-electron chi connectivity index (χ0n) is 19.1. The van der Waals surface area contributed by atoms with Crippen LogP contribution in [-0.2, 0) is 16.6 Å². The van der Waals surface area contributed by atoms with E-state index in [0.29, 0.717) is 5.69 Å². The summed E-state index contributed by atoms with van der Waals surface area (Å²) < 4.78 is 25.4. The number of nitrogens with zero attached hydrogens (tertiary/aromatic N) is 3. The van der Waals surface area contributed by atoms with E-state index < -0.39 is 10.0 Å². The van der Waals surface area contributed by atoms with Gasteiger partial charge in [0.25, 0.3) is 0 Å². The molecule has 3 heterocycles. The van der Waals surface area contributed by atoms with E-state index in [0.717, 1.165) is 53.3 Å². The molecule has 4 rings (SSSR count). The molecule has 1 aromatic carbocycles. The lowest BCUT2D eigenvalue weighted by Crippen LogP contribution is -2.30. The molecule has 9 heteroatoms. The number of sulfonamides is 1. The summed E-state index contributed by atoms with van der Waals surface area (Å²) in [6.07, 6.45) is 4.94. The maximum Gasteiger partial charge on any atom is 0.229 e. The van der Waals surface area contributed by atoms with Gasteiger partial charge in [0.1, 0.15) is 16.5 Å². The molecule has 1 aliphatic heterocycles. The Balaban J connectivity index is 1.60. The topological polar surface area (TPSA) is 87.2 Å². The lowest BCUT2D eigenvalue weighted by atomic mass is 10.1. The number of rotatable bonds is 7. The van der Waals surface area contributed by atoms with Crippen molar-refractivity contribution in [3.8, 4) is 0 Å². The number of aryl methyl sites for hydroxylation is 2. The number of hydrogen-bond donors (Lipinski definition) is 2. The standard InChI is InChI=1S/C23H31N5O2S2/c1-15-17(3)31-23-21(15)22(25-20(26-23)14-28-12-6-5-7-13-28)24-16(2)18-8-10-19(11-9-18)27-32(4,29)30/h8-11,16,27H,5-7,12-14H2,1-4H3,(H,24,25,26)/t16-/m0/s1. The fourth-order valence-corrected chi connectivity index (χ4v) is 5.74. The predicted molar refractivity (Wildman–Crippen MR) is 133 cm³/mol. The quantitative estimate of drug-likeness (QED) is 0.511. The minimum absolute atomic E-state index is 0.00262. The Hall–Kier alpha value is -2.23. The molecule has 2 N–H and O–H groups in total. The summed E-state index contributed by atoms with van der Waals surface area (Å²) in [7, 11) is -3.29. The normalized spacial score (nSPS) is 16.2. The smallest absolute Gasteiger partial charge is 0.229 e. The number of fused-ring (bicyclic) bond motifs is 1. The number of piperidine rings is 1. The number of aromatic nitrogens is 2. The van der Waals surface area contributed by atoms with Gasteiger partial charge in [-0.1, -0.05) is 18.6 Å². The number of thiophene rings is 1. The van der Waals surface area contributed by atoms with Crippen molar-refractivity contribution in [2.24, 2.45) is 0 Å². The highest BCUT2D eigenvalue weighted by molar-refractivity contribution is 7.92. The molecule has 0 radical (unpaired) electrons. The van der Waals surface area contributed by atoms with Gasteiger partial charge in [-0.25, -0.2) is 18.4 Å². The summed E-state index contributed by atoms with van der Waals surface area (Å²) >= 11 is 1.72. The minimum atomic E-state index is -3.29. The van der Waals surface area contributed by atoms with E-state index in [1.807, 2.05) is 12.1 Å². The summed E-state index contributed by atoms with van der Waals surface area (Å²) in [5.41, 5.74) is 2.83. The van der Waals surface area contributed by atoms with Crippen molar-refractivity contribution in [1.29, 1.82) is 0 Å². The Bertz CT molecular complexity index is 1200. The molecule has 1 saturated heterocycles. The second kappa shape index (κ2) is 9.33. The fraction of sp³-hybridized carbons (Fsp3) is 0.478. The van der Waals surface area contributed by atoms with Crippen LogP contribution in [0.5, 0.6) is 0 Å². The predicted octanol–water partition coefficient (Wildman–Crippen LogP) is 4.84. The van der Waals surface area contributed by atoms with E-state index in [4.69, 9.17) is 9.97 Å². The highest BCUT2D eigenvalue weighted by Crippen LogP contribution is 2.35. The monoisotopic (exact) mass is 473 g/mol. The van der Waals surface area contributed by atoms with Crippen LogP contribution in [0.4, 0.5) is 11.5 Å². The first kappa shape index (κ1) is 22.9. The molecular formula is C23H31N5O2S2. The zero-order valence-corrected chi connectivity index (χ0v) is 20.7. The Morgan fingerprint density at radius 1 is 1.09 bits per heavy atom.